The number of nitrogens with zero attached hydrogens (tertiary/aromatic N) is 1. The number of thiocarbonyl (C=S) groups is 1. The molecule has 1 N–H and O–H groups in total. The molecule has 0 radical (unpaired) electrons. The predicted octanol–water partition coefficient (Wildman–Crippen LogP) is 4.40. The van der Waals surface area contributed by atoms with Crippen LogP contribution in [0.4, 0.5) is 0 Å². The van der Waals surface area contributed by atoms with Gasteiger partial charge in [0.15, 0.2) is 0 Å². The zero-order valence-electron chi connectivity index (χ0n) is 15.2. The van der Waals surface area contributed by atoms with Crippen molar-refractivity contribution in [3.63, 3.8) is 0 Å². The van der Waals surface area contributed by atoms with Crippen LogP contribution in [-0.4, -0.2) is 32.2 Å². The van der Waals surface area contributed by atoms with E-state index in [-0.39, 0.29) is 11.9 Å². The molecule has 4 saturated carbocycles. The van der Waals surface area contributed by atoms with E-state index >= 15 is 0 Å². The number of rotatable bonds is 4. The summed E-state index contributed by atoms with van der Waals surface area (Å²) in [5.74, 6) is 2.81. The lowest BCUT2D eigenvalue weighted by atomic mass is 9.54. The molecule has 5 nitrogen and oxygen atoms in total. The zero-order chi connectivity index (χ0) is 19.4. The molecule has 4 aliphatic carbocycles. The number of amides is 1. The van der Waals surface area contributed by atoms with Crippen LogP contribution in [0.15, 0.2) is 27.5 Å². The summed E-state index contributed by atoms with van der Waals surface area (Å²) >= 11 is 6.95. The van der Waals surface area contributed by atoms with Gasteiger partial charge in [0.1, 0.15) is 15.8 Å². The molecular weight excluding hydrogens is 394 g/mol. The van der Waals surface area contributed by atoms with Gasteiger partial charge in [-0.2, -0.15) is 0 Å². The van der Waals surface area contributed by atoms with Crippen LogP contribution in [0.2, 0.25) is 0 Å². The van der Waals surface area contributed by atoms with Crippen molar-refractivity contribution >= 4 is 52.3 Å². The standard InChI is InChI=1S/C21H21NO4S2/c23-18(24)4-3-15-1-2-16(26-15)10-17-20(25)22(21(27)28-17)19-13-6-11-5-12(8-13)9-14(19)7-11/h1-4,10-14,19H,5-9H2,(H,23,24)/b4-3+,17-10-. The summed E-state index contributed by atoms with van der Waals surface area (Å²) in [6.45, 7) is 0. The maximum Gasteiger partial charge on any atom is 0.328 e. The van der Waals surface area contributed by atoms with E-state index < -0.39 is 5.97 Å². The van der Waals surface area contributed by atoms with Gasteiger partial charge < -0.3 is 9.52 Å². The lowest BCUT2D eigenvalue weighted by molar-refractivity contribution is -0.131. The summed E-state index contributed by atoms with van der Waals surface area (Å²) in [6.07, 6.45) is 10.5. The Kier molecular flexibility index (Phi) is 4.47. The maximum absolute atomic E-state index is 13.2. The van der Waals surface area contributed by atoms with E-state index in [9.17, 15) is 9.59 Å². The van der Waals surface area contributed by atoms with Crippen molar-refractivity contribution in [3.8, 4) is 0 Å². The topological polar surface area (TPSA) is 70.8 Å². The average molecular weight is 416 g/mol. The molecule has 1 aromatic heterocycles. The van der Waals surface area contributed by atoms with Gasteiger partial charge in [-0.1, -0.05) is 24.0 Å². The monoisotopic (exact) mass is 415 g/mol. The lowest BCUT2D eigenvalue weighted by Gasteiger charge is -2.56. The Morgan fingerprint density at radius 1 is 1.14 bits per heavy atom. The van der Waals surface area contributed by atoms with E-state index in [1.807, 2.05) is 4.90 Å². The molecule has 7 heteroatoms. The molecule has 4 bridgehead atoms. The third-order valence-electron chi connectivity index (χ3n) is 6.61. The summed E-state index contributed by atoms with van der Waals surface area (Å²) in [5.41, 5.74) is 0. The second-order valence-corrected chi connectivity index (χ2v) is 10.1. The highest BCUT2D eigenvalue weighted by Gasteiger charge is 2.53. The fourth-order valence-electron chi connectivity index (χ4n) is 5.87. The second-order valence-electron chi connectivity index (χ2n) is 8.38. The number of hydrogen-bond donors (Lipinski definition) is 1. The summed E-state index contributed by atoms with van der Waals surface area (Å²) in [4.78, 5) is 26.3. The van der Waals surface area contributed by atoms with Gasteiger partial charge in [0.05, 0.1) is 4.91 Å². The summed E-state index contributed by atoms with van der Waals surface area (Å²) in [6, 6.07) is 3.68. The molecule has 1 aliphatic heterocycles. The van der Waals surface area contributed by atoms with Crippen LogP contribution in [0.25, 0.3) is 12.2 Å². The average Bonchev–Trinajstić information content (AvgIpc) is 3.18. The number of thioether (sulfide) groups is 1. The Labute approximate surface area is 172 Å². The van der Waals surface area contributed by atoms with Gasteiger partial charge in [0.2, 0.25) is 0 Å². The molecule has 1 saturated heterocycles. The fraction of sp³-hybridized carbons (Fsp3) is 0.476. The SMILES string of the molecule is O=C(O)/C=C/c1ccc(/C=C2\SC(=S)N(C3C4CC5CC(C4)CC3C5)C2=O)o1. The van der Waals surface area contributed by atoms with E-state index in [1.54, 1.807) is 18.2 Å². The van der Waals surface area contributed by atoms with Gasteiger partial charge in [-0.05, 0) is 74.0 Å². The number of carboxylic acids is 1. The molecule has 5 aliphatic rings. The molecule has 1 aromatic rings. The van der Waals surface area contributed by atoms with Crippen molar-refractivity contribution in [1.29, 1.82) is 0 Å². The first kappa shape index (κ1) is 18.2. The number of carbonyl (C=O) groups excluding carboxylic acids is 1. The van der Waals surface area contributed by atoms with Gasteiger partial charge in [-0.15, -0.1) is 0 Å². The number of carbonyl (C=O) groups is 2. The fourth-order valence-corrected chi connectivity index (χ4v) is 7.20. The number of hydrogen-bond acceptors (Lipinski definition) is 5. The third-order valence-corrected chi connectivity index (χ3v) is 7.94. The van der Waals surface area contributed by atoms with E-state index in [4.69, 9.17) is 21.7 Å². The lowest BCUT2D eigenvalue weighted by Crippen LogP contribution is -2.57. The van der Waals surface area contributed by atoms with Gasteiger partial charge in [0.25, 0.3) is 5.91 Å². The summed E-state index contributed by atoms with van der Waals surface area (Å²) < 4.78 is 6.26. The number of furan rings is 1. The van der Waals surface area contributed by atoms with Crippen molar-refractivity contribution in [2.75, 3.05) is 0 Å². The number of aliphatic carboxylic acids is 1. The van der Waals surface area contributed by atoms with Crippen molar-refractivity contribution in [3.05, 3.63) is 34.6 Å². The van der Waals surface area contributed by atoms with Crippen LogP contribution in [0.3, 0.4) is 0 Å². The molecule has 28 heavy (non-hydrogen) atoms. The zero-order valence-corrected chi connectivity index (χ0v) is 16.9. The van der Waals surface area contributed by atoms with Crippen molar-refractivity contribution in [2.24, 2.45) is 23.7 Å². The Morgan fingerprint density at radius 2 is 1.79 bits per heavy atom. The van der Waals surface area contributed by atoms with Gasteiger partial charge >= 0.3 is 5.97 Å². The summed E-state index contributed by atoms with van der Waals surface area (Å²) in [5, 5.41) is 8.71. The quantitative estimate of drug-likeness (QED) is 0.580. The Bertz CT molecular complexity index is 887. The Balaban J connectivity index is 1.36. The molecule has 0 aromatic carbocycles. The third kappa shape index (κ3) is 3.14. The predicted molar refractivity (Wildman–Crippen MR) is 111 cm³/mol. The van der Waals surface area contributed by atoms with E-state index in [1.165, 1.54) is 49.9 Å². The molecule has 6 rings (SSSR count). The van der Waals surface area contributed by atoms with Crippen molar-refractivity contribution < 1.29 is 19.1 Å². The van der Waals surface area contributed by atoms with E-state index in [2.05, 4.69) is 0 Å². The minimum absolute atomic E-state index is 0.00787. The van der Waals surface area contributed by atoms with Crippen LogP contribution < -0.4 is 0 Å². The first-order valence-electron chi connectivity index (χ1n) is 9.76. The maximum atomic E-state index is 13.2. The highest BCUT2D eigenvalue weighted by atomic mass is 32.2. The molecule has 1 amide bonds. The Hall–Kier alpha value is -1.86. The van der Waals surface area contributed by atoms with Crippen LogP contribution in [0.1, 0.15) is 43.6 Å². The minimum Gasteiger partial charge on any atom is -0.478 e. The first-order chi connectivity index (χ1) is 13.5. The van der Waals surface area contributed by atoms with Gasteiger partial charge in [-0.3, -0.25) is 9.69 Å². The largest absolute Gasteiger partial charge is 0.478 e. The van der Waals surface area contributed by atoms with E-state index in [0.717, 1.165) is 17.9 Å². The van der Waals surface area contributed by atoms with Crippen LogP contribution in [-0.2, 0) is 9.59 Å². The molecule has 0 atom stereocenters. The first-order valence-corrected chi connectivity index (χ1v) is 11.0. The highest BCUT2D eigenvalue weighted by Crippen LogP contribution is 2.56. The molecule has 5 fully saturated rings. The molecule has 146 valence electrons. The molecule has 0 unspecified atom stereocenters. The molecule has 0 spiro atoms. The van der Waals surface area contributed by atoms with Crippen molar-refractivity contribution in [1.82, 2.24) is 4.90 Å². The molecule has 2 heterocycles. The van der Waals surface area contributed by atoms with Crippen molar-refractivity contribution in [2.45, 2.75) is 38.1 Å². The smallest absolute Gasteiger partial charge is 0.328 e. The summed E-state index contributed by atoms with van der Waals surface area (Å²) in [7, 11) is 0. The van der Waals surface area contributed by atoms with Crippen LogP contribution in [0.5, 0.6) is 0 Å². The highest BCUT2D eigenvalue weighted by molar-refractivity contribution is 8.26. The minimum atomic E-state index is -1.03. The normalized spacial score (nSPS) is 35.6. The number of carboxylic acid groups (broad SMARTS) is 1. The van der Waals surface area contributed by atoms with Crippen LogP contribution in [0, 0.1) is 23.7 Å². The Morgan fingerprint density at radius 3 is 2.43 bits per heavy atom. The second kappa shape index (κ2) is 6.88. The van der Waals surface area contributed by atoms with Gasteiger partial charge in [0, 0.05) is 18.2 Å². The van der Waals surface area contributed by atoms with E-state index in [0.29, 0.717) is 32.6 Å². The molecular formula is C21H21NO4S2. The van der Waals surface area contributed by atoms with Crippen LogP contribution >= 0.6 is 24.0 Å². The van der Waals surface area contributed by atoms with Gasteiger partial charge in [-0.25, -0.2) is 4.79 Å².